The molecule has 1 N–H and O–H groups in total. The molecule has 2 aliphatic rings. The number of aryl methyl sites for hydroxylation is 2. The molecule has 3 rings (SSSR count). The van der Waals surface area contributed by atoms with Gasteiger partial charge in [-0.05, 0) is 44.9 Å². The van der Waals surface area contributed by atoms with Crippen LogP contribution < -0.4 is 5.32 Å². The fourth-order valence-corrected chi connectivity index (χ4v) is 3.79. The third-order valence-corrected chi connectivity index (χ3v) is 4.74. The molecule has 2 saturated carbocycles. The van der Waals surface area contributed by atoms with Gasteiger partial charge >= 0.3 is 0 Å². The molecule has 2 aliphatic carbocycles. The number of hydrogen-bond acceptors (Lipinski definition) is 3. The van der Waals surface area contributed by atoms with Crippen molar-refractivity contribution in [3.05, 3.63) is 23.3 Å². The lowest BCUT2D eigenvalue weighted by molar-refractivity contribution is 0.0925. The Morgan fingerprint density at radius 3 is 2.89 bits per heavy atom. The highest BCUT2D eigenvalue weighted by atomic mass is 16.1. The van der Waals surface area contributed by atoms with Crippen LogP contribution in [0.4, 0.5) is 0 Å². The number of rotatable bonds is 2. The maximum absolute atomic E-state index is 12.3. The smallest absolute Gasteiger partial charge is 0.254 e. The van der Waals surface area contributed by atoms with Crippen molar-refractivity contribution >= 4 is 5.91 Å². The number of carbonyl (C=O) groups excluding carboxylic acids is 1. The first-order valence-electron chi connectivity index (χ1n) is 7.26. The van der Waals surface area contributed by atoms with E-state index in [4.69, 9.17) is 0 Å². The molecule has 0 unspecified atom stereocenters. The van der Waals surface area contributed by atoms with E-state index in [1.807, 2.05) is 13.8 Å². The molecule has 0 saturated heterocycles. The predicted octanol–water partition coefficient (Wildman–Crippen LogP) is 2.40. The van der Waals surface area contributed by atoms with Crippen molar-refractivity contribution in [2.24, 2.45) is 11.8 Å². The Morgan fingerprint density at radius 1 is 1.26 bits per heavy atom. The molecule has 3 atom stereocenters. The van der Waals surface area contributed by atoms with Crippen LogP contribution in [0.25, 0.3) is 0 Å². The average Bonchev–Trinajstić information content (AvgIpc) is 2.94. The molecule has 2 fully saturated rings. The zero-order chi connectivity index (χ0) is 13.4. The third kappa shape index (κ3) is 2.36. The fourth-order valence-electron chi connectivity index (χ4n) is 3.79. The second-order valence-electron chi connectivity index (χ2n) is 5.93. The molecule has 0 aliphatic heterocycles. The van der Waals surface area contributed by atoms with Gasteiger partial charge in [0.05, 0.1) is 11.3 Å². The van der Waals surface area contributed by atoms with Gasteiger partial charge in [0, 0.05) is 12.2 Å². The Labute approximate surface area is 114 Å². The monoisotopic (exact) mass is 259 g/mol. The fraction of sp³-hybridized carbons (Fsp3) is 0.667. The van der Waals surface area contributed by atoms with Gasteiger partial charge in [-0.2, -0.15) is 0 Å². The Balaban J connectivity index is 1.71. The van der Waals surface area contributed by atoms with Gasteiger partial charge in [0.1, 0.15) is 5.82 Å². The molecular formula is C15H21N3O. The van der Waals surface area contributed by atoms with Crippen LogP contribution in [0.5, 0.6) is 0 Å². The molecule has 0 spiro atoms. The Kier molecular flexibility index (Phi) is 3.25. The van der Waals surface area contributed by atoms with Crippen molar-refractivity contribution in [3.8, 4) is 0 Å². The number of nitrogens with zero attached hydrogens (tertiary/aromatic N) is 2. The SMILES string of the molecule is Cc1ncc(C(=O)N[C@H]2CC[C@@H]3CCC[C@@H]32)c(C)n1. The lowest BCUT2D eigenvalue weighted by Crippen LogP contribution is -2.38. The van der Waals surface area contributed by atoms with Gasteiger partial charge in [0.15, 0.2) is 0 Å². The number of hydrogen-bond donors (Lipinski definition) is 1. The predicted molar refractivity (Wildman–Crippen MR) is 72.8 cm³/mol. The number of amides is 1. The zero-order valence-electron chi connectivity index (χ0n) is 11.6. The molecule has 4 nitrogen and oxygen atoms in total. The normalized spacial score (nSPS) is 29.3. The zero-order valence-corrected chi connectivity index (χ0v) is 11.6. The van der Waals surface area contributed by atoms with Gasteiger partial charge in [-0.1, -0.05) is 12.8 Å². The van der Waals surface area contributed by atoms with Gasteiger partial charge in [-0.15, -0.1) is 0 Å². The summed E-state index contributed by atoms with van der Waals surface area (Å²) in [7, 11) is 0. The summed E-state index contributed by atoms with van der Waals surface area (Å²) in [6.07, 6.45) is 8.01. The number of aromatic nitrogens is 2. The average molecular weight is 259 g/mol. The van der Waals surface area contributed by atoms with E-state index >= 15 is 0 Å². The van der Waals surface area contributed by atoms with Crippen LogP contribution in [0, 0.1) is 25.7 Å². The Bertz CT molecular complexity index is 500. The van der Waals surface area contributed by atoms with E-state index in [-0.39, 0.29) is 5.91 Å². The van der Waals surface area contributed by atoms with E-state index in [9.17, 15) is 4.79 Å². The van der Waals surface area contributed by atoms with Crippen molar-refractivity contribution in [1.29, 1.82) is 0 Å². The van der Waals surface area contributed by atoms with Crippen LogP contribution in [0.1, 0.15) is 54.0 Å². The van der Waals surface area contributed by atoms with Gasteiger partial charge in [0.25, 0.3) is 5.91 Å². The summed E-state index contributed by atoms with van der Waals surface area (Å²) in [5.74, 6) is 2.26. The quantitative estimate of drug-likeness (QED) is 0.887. The highest BCUT2D eigenvalue weighted by Crippen LogP contribution is 2.44. The first-order chi connectivity index (χ1) is 9.15. The Hall–Kier alpha value is -1.45. The van der Waals surface area contributed by atoms with Crippen LogP contribution in [0.2, 0.25) is 0 Å². The van der Waals surface area contributed by atoms with Crippen molar-refractivity contribution in [1.82, 2.24) is 15.3 Å². The minimum absolute atomic E-state index is 0.00458. The van der Waals surface area contributed by atoms with E-state index in [1.54, 1.807) is 6.20 Å². The largest absolute Gasteiger partial charge is 0.349 e. The van der Waals surface area contributed by atoms with Crippen LogP contribution in [-0.4, -0.2) is 21.9 Å². The molecule has 1 heterocycles. The van der Waals surface area contributed by atoms with Gasteiger partial charge in [-0.25, -0.2) is 9.97 Å². The van der Waals surface area contributed by atoms with E-state index in [2.05, 4.69) is 15.3 Å². The van der Waals surface area contributed by atoms with E-state index in [0.29, 0.717) is 23.3 Å². The highest BCUT2D eigenvalue weighted by molar-refractivity contribution is 5.95. The van der Waals surface area contributed by atoms with Crippen LogP contribution in [-0.2, 0) is 0 Å². The maximum atomic E-state index is 12.3. The summed E-state index contributed by atoms with van der Waals surface area (Å²) in [5, 5.41) is 3.21. The van der Waals surface area contributed by atoms with Gasteiger partial charge in [0.2, 0.25) is 0 Å². The topological polar surface area (TPSA) is 54.9 Å². The molecule has 0 radical (unpaired) electrons. The summed E-state index contributed by atoms with van der Waals surface area (Å²) in [5.41, 5.74) is 1.39. The first kappa shape index (κ1) is 12.6. The van der Waals surface area contributed by atoms with Crippen LogP contribution in [0.15, 0.2) is 6.20 Å². The molecule has 1 amide bonds. The van der Waals surface area contributed by atoms with Crippen molar-refractivity contribution < 1.29 is 4.79 Å². The van der Waals surface area contributed by atoms with Crippen LogP contribution in [0.3, 0.4) is 0 Å². The number of fused-ring (bicyclic) bond motifs is 1. The van der Waals surface area contributed by atoms with Gasteiger partial charge < -0.3 is 5.32 Å². The molecule has 1 aromatic rings. The second-order valence-corrected chi connectivity index (χ2v) is 5.93. The minimum Gasteiger partial charge on any atom is -0.349 e. The third-order valence-electron chi connectivity index (χ3n) is 4.74. The molecular weight excluding hydrogens is 238 g/mol. The lowest BCUT2D eigenvalue weighted by Gasteiger charge is -2.20. The van der Waals surface area contributed by atoms with E-state index in [1.165, 1.54) is 25.7 Å². The summed E-state index contributed by atoms with van der Waals surface area (Å²) < 4.78 is 0. The van der Waals surface area contributed by atoms with Crippen molar-refractivity contribution in [2.45, 2.75) is 52.0 Å². The summed E-state index contributed by atoms with van der Waals surface area (Å²) in [6.45, 7) is 3.71. The maximum Gasteiger partial charge on any atom is 0.254 e. The van der Waals surface area contributed by atoms with Gasteiger partial charge in [-0.3, -0.25) is 4.79 Å². The number of nitrogens with one attached hydrogen (secondary N) is 1. The molecule has 102 valence electrons. The minimum atomic E-state index is -0.00458. The molecule has 0 bridgehead atoms. The molecule has 1 aromatic heterocycles. The Morgan fingerprint density at radius 2 is 2.11 bits per heavy atom. The highest BCUT2D eigenvalue weighted by Gasteiger charge is 2.39. The first-order valence-corrected chi connectivity index (χ1v) is 7.26. The summed E-state index contributed by atoms with van der Waals surface area (Å²) in [6, 6.07) is 0.362. The van der Waals surface area contributed by atoms with Crippen molar-refractivity contribution in [2.75, 3.05) is 0 Å². The summed E-state index contributed by atoms with van der Waals surface area (Å²) in [4.78, 5) is 20.7. The molecule has 0 aromatic carbocycles. The summed E-state index contributed by atoms with van der Waals surface area (Å²) >= 11 is 0. The van der Waals surface area contributed by atoms with E-state index < -0.39 is 0 Å². The second kappa shape index (κ2) is 4.91. The van der Waals surface area contributed by atoms with Crippen LogP contribution >= 0.6 is 0 Å². The molecule has 4 heteroatoms. The standard InChI is InChI=1S/C15H21N3O/c1-9-13(8-16-10(2)17-9)15(19)18-14-7-6-11-4-3-5-12(11)14/h8,11-12,14H,3-7H2,1-2H3,(H,18,19)/t11-,12-,14-/m0/s1. The number of carbonyl (C=O) groups is 1. The van der Waals surface area contributed by atoms with E-state index in [0.717, 1.165) is 18.0 Å². The molecule has 19 heavy (non-hydrogen) atoms. The lowest BCUT2D eigenvalue weighted by atomic mass is 9.97. The van der Waals surface area contributed by atoms with Crippen molar-refractivity contribution in [3.63, 3.8) is 0 Å².